The molecule has 92 valence electrons. The third-order valence-electron chi connectivity index (χ3n) is 2.71. The Bertz CT molecular complexity index is 357. The fraction of sp³-hybridized carbons (Fsp3) is 0.462. The van der Waals surface area contributed by atoms with Crippen molar-refractivity contribution in [3.63, 3.8) is 0 Å². The lowest BCUT2D eigenvalue weighted by Gasteiger charge is -2.14. The largest absolute Gasteiger partial charge is 0.460 e. The monoisotopic (exact) mass is 236 g/mol. The van der Waals surface area contributed by atoms with Crippen LogP contribution < -0.4 is 0 Å². The predicted octanol–water partition coefficient (Wildman–Crippen LogP) is 1.71. The molecule has 1 heterocycles. The summed E-state index contributed by atoms with van der Waals surface area (Å²) in [5.74, 6) is -0.520. The van der Waals surface area contributed by atoms with Gasteiger partial charge in [-0.15, -0.1) is 0 Å². The Kier molecular flexibility index (Phi) is 4.12. The maximum atomic E-state index is 11.8. The second-order valence-corrected chi connectivity index (χ2v) is 3.93. The van der Waals surface area contributed by atoms with Crippen LogP contribution in [0.25, 0.3) is 0 Å². The summed E-state index contributed by atoms with van der Waals surface area (Å²) in [6.07, 6.45) is -0.401. The van der Waals surface area contributed by atoms with Crippen molar-refractivity contribution in [1.29, 1.82) is 0 Å². The summed E-state index contributed by atoms with van der Waals surface area (Å²) in [6.45, 7) is 3.12. The van der Waals surface area contributed by atoms with E-state index in [4.69, 9.17) is 14.2 Å². The summed E-state index contributed by atoms with van der Waals surface area (Å²) in [6, 6.07) is 9.55. The zero-order valence-corrected chi connectivity index (χ0v) is 9.80. The first-order valence-corrected chi connectivity index (χ1v) is 5.72. The minimum Gasteiger partial charge on any atom is -0.460 e. The van der Waals surface area contributed by atoms with E-state index in [9.17, 15) is 4.79 Å². The molecule has 0 N–H and O–H groups in total. The smallest absolute Gasteiger partial charge is 0.313 e. The van der Waals surface area contributed by atoms with E-state index in [1.165, 1.54) is 0 Å². The minimum absolute atomic E-state index is 0.163. The summed E-state index contributed by atoms with van der Waals surface area (Å²) in [7, 11) is 0. The lowest BCUT2D eigenvalue weighted by Crippen LogP contribution is -2.22. The molecule has 1 aromatic rings. The molecule has 0 amide bonds. The predicted molar refractivity (Wildman–Crippen MR) is 61.5 cm³/mol. The van der Waals surface area contributed by atoms with Crippen molar-refractivity contribution in [2.75, 3.05) is 19.8 Å². The van der Waals surface area contributed by atoms with Gasteiger partial charge in [-0.25, -0.2) is 0 Å². The molecule has 0 aliphatic carbocycles. The Labute approximate surface area is 100 Å². The molecule has 0 spiro atoms. The van der Waals surface area contributed by atoms with E-state index in [2.05, 4.69) is 0 Å². The van der Waals surface area contributed by atoms with Crippen LogP contribution in [0.4, 0.5) is 0 Å². The van der Waals surface area contributed by atoms with Crippen molar-refractivity contribution in [3.8, 4) is 0 Å². The highest BCUT2D eigenvalue weighted by Gasteiger charge is 2.21. The Morgan fingerprint density at radius 2 is 2.00 bits per heavy atom. The molecule has 1 fully saturated rings. The molecule has 4 nitrogen and oxygen atoms in total. The van der Waals surface area contributed by atoms with E-state index in [-0.39, 0.29) is 18.5 Å². The van der Waals surface area contributed by atoms with Gasteiger partial charge < -0.3 is 14.2 Å². The quantitative estimate of drug-likeness (QED) is 0.746. The Hall–Kier alpha value is -1.39. The fourth-order valence-corrected chi connectivity index (χ4v) is 1.66. The number of carbonyl (C=O) groups is 1. The van der Waals surface area contributed by atoms with Crippen LogP contribution in [0.1, 0.15) is 18.4 Å². The van der Waals surface area contributed by atoms with Gasteiger partial charge in [0.1, 0.15) is 6.61 Å². The molecule has 0 aromatic heterocycles. The second kappa shape index (κ2) is 5.80. The number of rotatable bonds is 4. The minimum atomic E-state index is -0.401. The van der Waals surface area contributed by atoms with Crippen molar-refractivity contribution in [2.24, 2.45) is 0 Å². The SMILES string of the molecule is CC(C(=O)OCC1OCCO1)c1ccccc1. The van der Waals surface area contributed by atoms with Gasteiger partial charge in [0.05, 0.1) is 19.1 Å². The molecule has 1 aliphatic rings. The number of benzene rings is 1. The highest BCUT2D eigenvalue weighted by Crippen LogP contribution is 2.16. The van der Waals surface area contributed by atoms with Crippen molar-refractivity contribution in [1.82, 2.24) is 0 Å². The molecule has 0 radical (unpaired) electrons. The van der Waals surface area contributed by atoms with Crippen molar-refractivity contribution in [3.05, 3.63) is 35.9 Å². The second-order valence-electron chi connectivity index (χ2n) is 3.93. The topological polar surface area (TPSA) is 44.8 Å². The molecule has 4 heteroatoms. The van der Waals surface area contributed by atoms with Crippen LogP contribution in [-0.2, 0) is 19.0 Å². The van der Waals surface area contributed by atoms with Crippen LogP contribution in [-0.4, -0.2) is 32.1 Å². The average molecular weight is 236 g/mol. The summed E-state index contributed by atoms with van der Waals surface area (Å²) in [4.78, 5) is 11.8. The molecule has 1 aromatic carbocycles. The Morgan fingerprint density at radius 3 is 2.65 bits per heavy atom. The summed E-state index contributed by atoms with van der Waals surface area (Å²) in [5, 5.41) is 0. The third-order valence-corrected chi connectivity index (χ3v) is 2.71. The third kappa shape index (κ3) is 3.28. The van der Waals surface area contributed by atoms with E-state index < -0.39 is 6.29 Å². The highest BCUT2D eigenvalue weighted by molar-refractivity contribution is 5.77. The molecule has 1 saturated heterocycles. The van der Waals surface area contributed by atoms with E-state index in [1.54, 1.807) is 0 Å². The molecule has 1 atom stereocenters. The number of esters is 1. The first-order chi connectivity index (χ1) is 8.27. The van der Waals surface area contributed by atoms with Crippen molar-refractivity contribution in [2.45, 2.75) is 19.1 Å². The molecular weight excluding hydrogens is 220 g/mol. The zero-order chi connectivity index (χ0) is 12.1. The van der Waals surface area contributed by atoms with Gasteiger partial charge >= 0.3 is 5.97 Å². The molecule has 17 heavy (non-hydrogen) atoms. The van der Waals surface area contributed by atoms with E-state index in [0.717, 1.165) is 5.56 Å². The molecule has 1 unspecified atom stereocenters. The number of ether oxygens (including phenoxy) is 3. The zero-order valence-electron chi connectivity index (χ0n) is 9.80. The molecule has 0 bridgehead atoms. The van der Waals surface area contributed by atoms with Gasteiger partial charge in [0.15, 0.2) is 6.29 Å². The molecule has 2 rings (SSSR count). The van der Waals surface area contributed by atoms with Gasteiger partial charge in [-0.05, 0) is 12.5 Å². The standard InChI is InChI=1S/C13H16O4/c1-10(11-5-3-2-4-6-11)13(14)17-9-12-15-7-8-16-12/h2-6,10,12H,7-9H2,1H3. The van der Waals surface area contributed by atoms with Crippen LogP contribution in [0.3, 0.4) is 0 Å². The van der Waals surface area contributed by atoms with Crippen molar-refractivity contribution < 1.29 is 19.0 Å². The van der Waals surface area contributed by atoms with E-state index in [0.29, 0.717) is 13.2 Å². The molecular formula is C13H16O4. The number of hydrogen-bond donors (Lipinski definition) is 0. The van der Waals surface area contributed by atoms with Gasteiger partial charge in [0.2, 0.25) is 0 Å². The summed E-state index contributed by atoms with van der Waals surface area (Å²) >= 11 is 0. The maximum Gasteiger partial charge on any atom is 0.313 e. The maximum absolute atomic E-state index is 11.8. The van der Waals surface area contributed by atoms with Gasteiger partial charge in [-0.1, -0.05) is 30.3 Å². The summed E-state index contributed by atoms with van der Waals surface area (Å²) < 4.78 is 15.5. The van der Waals surface area contributed by atoms with Crippen LogP contribution in [0.15, 0.2) is 30.3 Å². The van der Waals surface area contributed by atoms with Crippen LogP contribution in [0.5, 0.6) is 0 Å². The lowest BCUT2D eigenvalue weighted by atomic mass is 10.0. The number of carbonyl (C=O) groups excluding carboxylic acids is 1. The molecule has 0 saturated carbocycles. The normalized spacial score (nSPS) is 17.9. The van der Waals surface area contributed by atoms with Crippen LogP contribution in [0.2, 0.25) is 0 Å². The van der Waals surface area contributed by atoms with Gasteiger partial charge in [0, 0.05) is 0 Å². The first-order valence-electron chi connectivity index (χ1n) is 5.72. The Balaban J connectivity index is 1.83. The van der Waals surface area contributed by atoms with E-state index >= 15 is 0 Å². The molecule has 1 aliphatic heterocycles. The summed E-state index contributed by atoms with van der Waals surface area (Å²) in [5.41, 5.74) is 0.950. The van der Waals surface area contributed by atoms with Crippen molar-refractivity contribution >= 4 is 5.97 Å². The van der Waals surface area contributed by atoms with Gasteiger partial charge in [0.25, 0.3) is 0 Å². The Morgan fingerprint density at radius 1 is 1.35 bits per heavy atom. The highest BCUT2D eigenvalue weighted by atomic mass is 16.7. The van der Waals surface area contributed by atoms with E-state index in [1.807, 2.05) is 37.3 Å². The van der Waals surface area contributed by atoms with Crippen LogP contribution in [0, 0.1) is 0 Å². The number of hydrogen-bond acceptors (Lipinski definition) is 4. The van der Waals surface area contributed by atoms with Crippen LogP contribution >= 0.6 is 0 Å². The van der Waals surface area contributed by atoms with Gasteiger partial charge in [-0.3, -0.25) is 4.79 Å². The first kappa shape index (κ1) is 12.1. The lowest BCUT2D eigenvalue weighted by molar-refractivity contribution is -0.157. The fourth-order valence-electron chi connectivity index (χ4n) is 1.66. The average Bonchev–Trinajstić information content (AvgIpc) is 2.89. The van der Waals surface area contributed by atoms with Gasteiger partial charge in [-0.2, -0.15) is 0 Å².